The molecule has 26 heavy (non-hydrogen) atoms. The minimum atomic E-state index is -0.565. The highest BCUT2D eigenvalue weighted by molar-refractivity contribution is 5.62. The zero-order valence-corrected chi connectivity index (χ0v) is 15.1. The first-order valence-corrected chi connectivity index (χ1v) is 8.92. The van der Waals surface area contributed by atoms with Crippen LogP contribution in [0.4, 0.5) is 11.4 Å². The summed E-state index contributed by atoms with van der Waals surface area (Å²) in [5, 5.41) is 5.91. The molecule has 0 aliphatic rings. The minimum Gasteiger partial charge on any atom is -0.488 e. The molecule has 0 aliphatic heterocycles. The maximum Gasteiger partial charge on any atom is 0.272 e. The third-order valence-electron chi connectivity index (χ3n) is 4.02. The first-order valence-electron chi connectivity index (χ1n) is 8.92. The van der Waals surface area contributed by atoms with Gasteiger partial charge in [0.2, 0.25) is 0 Å². The van der Waals surface area contributed by atoms with E-state index in [1.807, 2.05) is 0 Å². The molecule has 0 heterocycles. The number of hydrogen-bond donors (Lipinski definition) is 2. The molecule has 0 saturated heterocycles. The fourth-order valence-corrected chi connectivity index (χ4v) is 2.66. The van der Waals surface area contributed by atoms with Gasteiger partial charge in [-0.3, -0.25) is 19.2 Å². The molecule has 0 aromatic heterocycles. The van der Waals surface area contributed by atoms with Crippen LogP contribution in [0, 0.1) is 0 Å². The molecule has 2 rings (SSSR count). The van der Waals surface area contributed by atoms with Gasteiger partial charge in [0.15, 0.2) is 11.5 Å². The number of ether oxygens (including phenoxy) is 2. The maximum atomic E-state index is 11.4. The van der Waals surface area contributed by atoms with E-state index in [2.05, 4.69) is 10.6 Å². The van der Waals surface area contributed by atoms with Crippen LogP contribution in [-0.4, -0.2) is 26.3 Å². The van der Waals surface area contributed by atoms with E-state index in [-0.39, 0.29) is 22.9 Å². The molecule has 0 radical (unpaired) electrons. The summed E-state index contributed by atoms with van der Waals surface area (Å²) in [6.07, 6.45) is 3.54. The lowest BCUT2D eigenvalue weighted by Gasteiger charge is -2.13. The van der Waals surface area contributed by atoms with Gasteiger partial charge in [0.25, 0.3) is 21.7 Å². The van der Waals surface area contributed by atoms with Gasteiger partial charge in [0.05, 0.1) is 13.2 Å². The molecular formula is C18H24N2O6. The molecule has 0 saturated carbocycles. The predicted molar refractivity (Wildman–Crippen MR) is 100 cm³/mol. The molecule has 8 nitrogen and oxygen atoms in total. The summed E-state index contributed by atoms with van der Waals surface area (Å²) in [5.74, 6) is 0.277. The van der Waals surface area contributed by atoms with Crippen molar-refractivity contribution >= 4 is 11.4 Å². The van der Waals surface area contributed by atoms with Crippen molar-refractivity contribution in [2.75, 3.05) is 36.9 Å². The second kappa shape index (κ2) is 9.17. The lowest BCUT2D eigenvalue weighted by Crippen LogP contribution is -2.36. The van der Waals surface area contributed by atoms with Crippen molar-refractivity contribution in [3.63, 3.8) is 0 Å². The topological polar surface area (TPSA) is 111 Å². The first-order chi connectivity index (χ1) is 12.5. The largest absolute Gasteiger partial charge is 0.488 e. The van der Waals surface area contributed by atoms with Gasteiger partial charge >= 0.3 is 0 Å². The number of unbranched alkanes of at least 4 members (excludes halogenated alkanes) is 3. The zero-order chi connectivity index (χ0) is 19.1. The van der Waals surface area contributed by atoms with Gasteiger partial charge in [0, 0.05) is 13.1 Å². The Labute approximate surface area is 150 Å². The monoisotopic (exact) mass is 364 g/mol. The van der Waals surface area contributed by atoms with Gasteiger partial charge in [-0.25, -0.2) is 0 Å². The zero-order valence-electron chi connectivity index (χ0n) is 15.1. The third kappa shape index (κ3) is 4.12. The molecule has 2 aromatic carbocycles. The lowest BCUT2D eigenvalue weighted by atomic mass is 10.1. The van der Waals surface area contributed by atoms with Crippen molar-refractivity contribution in [1.82, 2.24) is 0 Å². The second-order valence-electron chi connectivity index (χ2n) is 5.86. The van der Waals surface area contributed by atoms with Gasteiger partial charge in [-0.1, -0.05) is 12.8 Å². The van der Waals surface area contributed by atoms with Crippen LogP contribution in [0.3, 0.4) is 0 Å². The quantitative estimate of drug-likeness (QED) is 0.396. The average Bonchev–Trinajstić information content (AvgIpc) is 2.66. The van der Waals surface area contributed by atoms with E-state index >= 15 is 0 Å². The molecule has 2 N–H and O–H groups in total. The van der Waals surface area contributed by atoms with Crippen molar-refractivity contribution in [3.8, 4) is 11.5 Å². The lowest BCUT2D eigenvalue weighted by molar-refractivity contribution is 0.334. The fraction of sp³-hybridized carbons (Fsp3) is 0.556. The van der Waals surface area contributed by atoms with Crippen molar-refractivity contribution in [3.05, 3.63) is 40.9 Å². The van der Waals surface area contributed by atoms with Crippen molar-refractivity contribution < 1.29 is 9.47 Å². The van der Waals surface area contributed by atoms with Crippen LogP contribution in [0.5, 0.6) is 11.5 Å². The van der Waals surface area contributed by atoms with E-state index in [1.165, 1.54) is 0 Å². The highest BCUT2D eigenvalue weighted by Gasteiger charge is 2.22. The number of hydrogen-bond acceptors (Lipinski definition) is 8. The van der Waals surface area contributed by atoms with Crippen LogP contribution in [0.1, 0.15) is 39.5 Å². The van der Waals surface area contributed by atoms with Crippen LogP contribution >= 0.6 is 0 Å². The molecule has 0 aliphatic carbocycles. The summed E-state index contributed by atoms with van der Waals surface area (Å²) in [5.41, 5.74) is -1.61. The standard InChI is InChI=1S/C18H24N2O6/c1-3-25-17-11(13(21)15(17)23)19-9-7-5-6-8-10-20-12-14(22)16(24)18(12)26-4-2/h19-20H,3-10H2,1-2H3. The van der Waals surface area contributed by atoms with Gasteiger partial charge in [0.1, 0.15) is 11.4 Å². The Bertz CT molecular complexity index is 798. The predicted octanol–water partition coefficient (Wildman–Crippen LogP) is 0.760. The van der Waals surface area contributed by atoms with Gasteiger partial charge in [-0.05, 0) is 26.7 Å². The number of nitrogens with one attached hydrogen (secondary N) is 2. The molecular weight excluding hydrogens is 340 g/mol. The second-order valence-corrected chi connectivity index (χ2v) is 5.86. The van der Waals surface area contributed by atoms with Crippen LogP contribution < -0.4 is 41.8 Å². The molecule has 2 aromatic rings. The molecule has 142 valence electrons. The molecule has 0 fully saturated rings. The normalized spacial score (nSPS) is 11.0. The van der Waals surface area contributed by atoms with Crippen molar-refractivity contribution in [2.45, 2.75) is 39.5 Å². The SMILES string of the molecule is CCOc1c(NCCCCCCNc2c(OCC)c(=O)c2=O)c(=O)c1=O. The van der Waals surface area contributed by atoms with Gasteiger partial charge in [-0.2, -0.15) is 0 Å². The van der Waals surface area contributed by atoms with Crippen LogP contribution in [0.15, 0.2) is 19.2 Å². The highest BCUT2D eigenvalue weighted by atomic mass is 16.5. The molecule has 0 amide bonds. The van der Waals surface area contributed by atoms with E-state index in [4.69, 9.17) is 9.47 Å². The summed E-state index contributed by atoms with van der Waals surface area (Å²) < 4.78 is 10.3. The Kier molecular flexibility index (Phi) is 6.94. The number of rotatable bonds is 13. The van der Waals surface area contributed by atoms with Crippen LogP contribution in [-0.2, 0) is 0 Å². The Morgan fingerprint density at radius 1 is 0.615 bits per heavy atom. The van der Waals surface area contributed by atoms with E-state index < -0.39 is 21.7 Å². The number of anilines is 2. The summed E-state index contributed by atoms with van der Waals surface area (Å²) in [6.45, 7) is 5.39. The fourth-order valence-electron chi connectivity index (χ4n) is 2.66. The molecule has 0 spiro atoms. The summed E-state index contributed by atoms with van der Waals surface area (Å²) in [7, 11) is 0. The highest BCUT2D eigenvalue weighted by Crippen LogP contribution is 2.18. The molecule has 0 bridgehead atoms. The molecule has 0 atom stereocenters. The molecule has 8 heteroatoms. The summed E-state index contributed by atoms with van der Waals surface area (Å²) >= 11 is 0. The van der Waals surface area contributed by atoms with Crippen LogP contribution in [0.2, 0.25) is 0 Å². The van der Waals surface area contributed by atoms with E-state index in [9.17, 15) is 19.2 Å². The average molecular weight is 364 g/mol. The van der Waals surface area contributed by atoms with Crippen LogP contribution in [0.25, 0.3) is 0 Å². The Balaban J connectivity index is 1.60. The van der Waals surface area contributed by atoms with E-state index in [0.717, 1.165) is 25.7 Å². The van der Waals surface area contributed by atoms with Gasteiger partial charge < -0.3 is 20.1 Å². The maximum absolute atomic E-state index is 11.4. The summed E-state index contributed by atoms with van der Waals surface area (Å²) in [4.78, 5) is 45.5. The summed E-state index contributed by atoms with van der Waals surface area (Å²) in [6, 6.07) is 0. The van der Waals surface area contributed by atoms with E-state index in [1.54, 1.807) is 13.8 Å². The van der Waals surface area contributed by atoms with E-state index in [0.29, 0.717) is 26.3 Å². The Hall–Kier alpha value is -2.64. The Morgan fingerprint density at radius 3 is 1.35 bits per heavy atom. The minimum absolute atomic E-state index is 0.139. The first kappa shape index (κ1) is 19.7. The Morgan fingerprint density at radius 2 is 1.00 bits per heavy atom. The van der Waals surface area contributed by atoms with Gasteiger partial charge in [-0.15, -0.1) is 0 Å². The van der Waals surface area contributed by atoms with Crippen molar-refractivity contribution in [2.24, 2.45) is 0 Å². The third-order valence-corrected chi connectivity index (χ3v) is 4.02. The van der Waals surface area contributed by atoms with Crippen molar-refractivity contribution in [1.29, 1.82) is 0 Å². The molecule has 0 unspecified atom stereocenters. The smallest absolute Gasteiger partial charge is 0.272 e.